The maximum Gasteiger partial charge on any atom is 1.00 e. The van der Waals surface area contributed by atoms with E-state index < -0.39 is 9.05 Å². The van der Waals surface area contributed by atoms with Crippen molar-refractivity contribution in [2.45, 2.75) is 0 Å². The van der Waals surface area contributed by atoms with E-state index in [0.717, 1.165) is 0 Å². The molecule has 62 valence electrons. The Morgan fingerprint density at radius 2 is 1.67 bits per heavy atom. The SMILES string of the molecule is O=S([O-])(O)=S.[Na+].c1ccncc1. The first-order valence-electron chi connectivity index (χ1n) is 2.53. The van der Waals surface area contributed by atoms with E-state index >= 15 is 0 Å². The molecule has 12 heavy (non-hydrogen) atoms. The first kappa shape index (κ1) is 14.9. The molecule has 1 aromatic rings. The van der Waals surface area contributed by atoms with E-state index in [1.165, 1.54) is 0 Å². The average Bonchev–Trinajstić information content (AvgIpc) is 1.88. The van der Waals surface area contributed by atoms with Crippen molar-refractivity contribution >= 4 is 20.2 Å². The van der Waals surface area contributed by atoms with Crippen molar-refractivity contribution in [2.24, 2.45) is 0 Å². The van der Waals surface area contributed by atoms with Crippen molar-refractivity contribution in [3.05, 3.63) is 30.6 Å². The average molecular weight is 215 g/mol. The third kappa shape index (κ3) is 22.4. The van der Waals surface area contributed by atoms with Gasteiger partial charge in [0.15, 0.2) is 0 Å². The van der Waals surface area contributed by atoms with Gasteiger partial charge in [0.1, 0.15) is 0 Å². The normalized spacial score (nSPS) is 12.8. The molecule has 1 aromatic heterocycles. The Morgan fingerprint density at radius 3 is 1.75 bits per heavy atom. The second kappa shape index (κ2) is 8.06. The van der Waals surface area contributed by atoms with Crippen LogP contribution in [-0.4, -0.2) is 18.3 Å². The maximum absolute atomic E-state index is 9.00. The van der Waals surface area contributed by atoms with E-state index in [2.05, 4.69) is 16.2 Å². The molecule has 1 atom stereocenters. The second-order valence-electron chi connectivity index (χ2n) is 1.45. The molecule has 0 aliphatic heterocycles. The van der Waals surface area contributed by atoms with Crippen molar-refractivity contribution in [3.63, 3.8) is 0 Å². The number of pyridine rings is 1. The Kier molecular flexibility index (Phi) is 10.0. The molecular weight excluding hydrogens is 209 g/mol. The third-order valence-corrected chi connectivity index (χ3v) is 0.566. The fraction of sp³-hybridized carbons (Fsp3) is 0. The molecule has 1 rings (SSSR count). The minimum absolute atomic E-state index is 0. The van der Waals surface area contributed by atoms with Gasteiger partial charge in [0.25, 0.3) is 0 Å². The second-order valence-corrected chi connectivity index (χ2v) is 3.57. The molecule has 1 unspecified atom stereocenters. The van der Waals surface area contributed by atoms with Gasteiger partial charge in [-0.1, -0.05) is 6.07 Å². The topological polar surface area (TPSA) is 73.2 Å². The van der Waals surface area contributed by atoms with Crippen LogP contribution in [0.5, 0.6) is 0 Å². The molecule has 0 bridgehead atoms. The zero-order valence-corrected chi connectivity index (χ0v) is 10.0. The largest absolute Gasteiger partial charge is 1.00 e. The molecule has 0 amide bonds. The number of hydrogen-bond acceptors (Lipinski definition) is 4. The van der Waals surface area contributed by atoms with Crippen LogP contribution in [-0.2, 0) is 20.2 Å². The minimum Gasteiger partial charge on any atom is -0.748 e. The van der Waals surface area contributed by atoms with Crippen LogP contribution in [0.4, 0.5) is 0 Å². The Hall–Kier alpha value is 0.440. The zero-order chi connectivity index (χ0) is 8.74. The number of hydrogen-bond donors (Lipinski definition) is 1. The van der Waals surface area contributed by atoms with Gasteiger partial charge in [-0.15, -0.1) is 0 Å². The Labute approximate surface area is 98.0 Å². The van der Waals surface area contributed by atoms with E-state index in [1.54, 1.807) is 12.4 Å². The molecule has 0 saturated heterocycles. The number of aromatic nitrogens is 1. The molecule has 0 radical (unpaired) electrons. The van der Waals surface area contributed by atoms with Crippen LogP contribution in [0.2, 0.25) is 0 Å². The summed E-state index contributed by atoms with van der Waals surface area (Å²) in [6, 6.07) is 5.72. The van der Waals surface area contributed by atoms with Crippen LogP contribution in [0.1, 0.15) is 0 Å². The monoisotopic (exact) mass is 215 g/mol. The Balaban J connectivity index is 0. The standard InChI is InChI=1S/C5H5N.Na.H2O3S2/c1-2-4-6-5-3-1;;1-5(2,3)4/h1-5H;;(H2,1,2,3,4)/q;+1;/p-1. The van der Waals surface area contributed by atoms with Crippen molar-refractivity contribution in [1.82, 2.24) is 4.98 Å². The van der Waals surface area contributed by atoms with Gasteiger partial charge in [-0.3, -0.25) is 4.98 Å². The molecule has 0 saturated carbocycles. The molecular formula is C5H6NNaO3S2. The first-order chi connectivity index (χ1) is 5.00. The van der Waals surface area contributed by atoms with Crippen LogP contribution in [0.25, 0.3) is 0 Å². The van der Waals surface area contributed by atoms with Crippen molar-refractivity contribution in [2.75, 3.05) is 0 Å². The summed E-state index contributed by atoms with van der Waals surface area (Å²) in [6.07, 6.45) is 3.50. The molecule has 0 aliphatic rings. The van der Waals surface area contributed by atoms with Crippen LogP contribution in [0, 0.1) is 0 Å². The molecule has 0 aromatic carbocycles. The molecule has 7 heteroatoms. The predicted molar refractivity (Wildman–Crippen MR) is 43.2 cm³/mol. The summed E-state index contributed by atoms with van der Waals surface area (Å²) in [4.78, 5) is 3.78. The summed E-state index contributed by atoms with van der Waals surface area (Å²) < 4.78 is 25.3. The summed E-state index contributed by atoms with van der Waals surface area (Å²) in [5, 5.41) is 0. The van der Waals surface area contributed by atoms with Crippen LogP contribution < -0.4 is 29.6 Å². The number of nitrogens with zero attached hydrogens (tertiary/aromatic N) is 1. The summed E-state index contributed by atoms with van der Waals surface area (Å²) in [7, 11) is -4.08. The molecule has 4 nitrogen and oxygen atoms in total. The fourth-order valence-electron chi connectivity index (χ4n) is 0.313. The third-order valence-electron chi connectivity index (χ3n) is 0.566. The summed E-state index contributed by atoms with van der Waals surface area (Å²) in [6.45, 7) is 0. The van der Waals surface area contributed by atoms with Gasteiger partial charge in [-0.2, -0.15) is 0 Å². The van der Waals surface area contributed by atoms with Gasteiger partial charge >= 0.3 is 29.6 Å². The van der Waals surface area contributed by atoms with Gasteiger partial charge in [0.05, 0.1) is 9.05 Å². The van der Waals surface area contributed by atoms with Gasteiger partial charge in [0, 0.05) is 12.4 Å². The maximum atomic E-state index is 9.00. The number of rotatable bonds is 0. The van der Waals surface area contributed by atoms with Gasteiger partial charge in [-0.05, 0) is 23.3 Å². The summed E-state index contributed by atoms with van der Waals surface area (Å²) in [5.41, 5.74) is 0. The fourth-order valence-corrected chi connectivity index (χ4v) is 0.313. The van der Waals surface area contributed by atoms with E-state index in [9.17, 15) is 0 Å². The minimum atomic E-state index is -4.08. The van der Waals surface area contributed by atoms with E-state index in [4.69, 9.17) is 13.3 Å². The Morgan fingerprint density at radius 1 is 1.33 bits per heavy atom. The van der Waals surface area contributed by atoms with E-state index in [-0.39, 0.29) is 29.6 Å². The smallest absolute Gasteiger partial charge is 0.748 e. The van der Waals surface area contributed by atoms with Gasteiger partial charge in [-0.25, -0.2) is 4.21 Å². The molecule has 1 N–H and O–H groups in total. The van der Waals surface area contributed by atoms with Crippen LogP contribution in [0.15, 0.2) is 30.6 Å². The van der Waals surface area contributed by atoms with E-state index in [1.807, 2.05) is 18.2 Å². The summed E-state index contributed by atoms with van der Waals surface area (Å²) >= 11 is 3.35. The molecule has 0 fully saturated rings. The van der Waals surface area contributed by atoms with E-state index in [0.29, 0.717) is 0 Å². The predicted octanol–water partition coefficient (Wildman–Crippen LogP) is -2.58. The van der Waals surface area contributed by atoms with Crippen LogP contribution in [0.3, 0.4) is 0 Å². The Bertz CT molecular complexity index is 241. The van der Waals surface area contributed by atoms with Crippen molar-refractivity contribution < 1.29 is 42.9 Å². The van der Waals surface area contributed by atoms with Crippen LogP contribution >= 0.6 is 0 Å². The first-order valence-corrected chi connectivity index (χ1v) is 4.90. The zero-order valence-electron chi connectivity index (χ0n) is 6.41. The summed E-state index contributed by atoms with van der Waals surface area (Å²) in [5.74, 6) is 0. The molecule has 1 heterocycles. The van der Waals surface area contributed by atoms with Crippen molar-refractivity contribution in [3.8, 4) is 0 Å². The van der Waals surface area contributed by atoms with Crippen molar-refractivity contribution in [1.29, 1.82) is 0 Å². The van der Waals surface area contributed by atoms with Gasteiger partial charge < -0.3 is 9.11 Å². The molecule has 0 aliphatic carbocycles. The quantitative estimate of drug-likeness (QED) is 0.481. The molecule has 0 spiro atoms. The van der Waals surface area contributed by atoms with Gasteiger partial charge in [0.2, 0.25) is 0 Å².